The Morgan fingerprint density at radius 2 is 2.17 bits per heavy atom. The zero-order valence-corrected chi connectivity index (χ0v) is 6.69. The molecule has 0 aromatic carbocycles. The Bertz CT molecular complexity index is 351. The van der Waals surface area contributed by atoms with Gasteiger partial charge in [0.25, 0.3) is 0 Å². The molecule has 0 N–H and O–H groups in total. The van der Waals surface area contributed by atoms with Gasteiger partial charge in [-0.1, -0.05) is 11.2 Å². The topological polar surface area (TPSA) is 38.9 Å². The van der Waals surface area contributed by atoms with Crippen LogP contribution in [0.1, 0.15) is 5.56 Å². The maximum Gasteiger partial charge on any atom is 0.185 e. The lowest BCUT2D eigenvalue weighted by Crippen LogP contribution is -1.80. The van der Waals surface area contributed by atoms with Crippen LogP contribution in [-0.2, 0) is 0 Å². The number of rotatable bonds is 1. The van der Waals surface area contributed by atoms with Gasteiger partial charge in [0.15, 0.2) is 5.76 Å². The molecular weight excluding hydrogens is 152 g/mol. The summed E-state index contributed by atoms with van der Waals surface area (Å²) < 4.78 is 4.95. The van der Waals surface area contributed by atoms with Crippen LogP contribution in [0.3, 0.4) is 0 Å². The summed E-state index contributed by atoms with van der Waals surface area (Å²) in [6.07, 6.45) is 3.41. The molecule has 0 spiro atoms. The average Bonchev–Trinajstić information content (AvgIpc) is 2.58. The fourth-order valence-corrected chi connectivity index (χ4v) is 0.961. The van der Waals surface area contributed by atoms with E-state index >= 15 is 0 Å². The number of aromatic nitrogens is 2. The molecule has 0 aliphatic rings. The SMILES string of the molecule is Cc1ccc(-c2ccno2)nc1. The molecule has 0 bridgehead atoms. The lowest BCUT2D eigenvalue weighted by atomic mass is 10.2. The summed E-state index contributed by atoms with van der Waals surface area (Å²) in [6, 6.07) is 5.69. The first-order valence-corrected chi connectivity index (χ1v) is 3.70. The van der Waals surface area contributed by atoms with Crippen molar-refractivity contribution in [2.75, 3.05) is 0 Å². The Balaban J connectivity index is 2.43. The zero-order valence-electron chi connectivity index (χ0n) is 6.69. The molecule has 0 aliphatic carbocycles. The molecule has 0 saturated carbocycles. The van der Waals surface area contributed by atoms with Crippen molar-refractivity contribution in [1.82, 2.24) is 10.1 Å². The van der Waals surface area contributed by atoms with E-state index in [0.29, 0.717) is 5.76 Å². The molecule has 0 aliphatic heterocycles. The van der Waals surface area contributed by atoms with Crippen molar-refractivity contribution in [3.63, 3.8) is 0 Å². The molecule has 3 nitrogen and oxygen atoms in total. The van der Waals surface area contributed by atoms with E-state index in [1.54, 1.807) is 18.5 Å². The lowest BCUT2D eigenvalue weighted by molar-refractivity contribution is 0.431. The quantitative estimate of drug-likeness (QED) is 0.640. The van der Waals surface area contributed by atoms with E-state index in [1.807, 2.05) is 19.1 Å². The molecule has 0 radical (unpaired) electrons. The summed E-state index contributed by atoms with van der Waals surface area (Å²) in [6.45, 7) is 2.00. The second kappa shape index (κ2) is 2.77. The number of aryl methyl sites for hydroxylation is 1. The zero-order chi connectivity index (χ0) is 8.39. The highest BCUT2D eigenvalue weighted by Gasteiger charge is 2.00. The van der Waals surface area contributed by atoms with Crippen molar-refractivity contribution >= 4 is 0 Å². The van der Waals surface area contributed by atoms with Crippen LogP contribution >= 0.6 is 0 Å². The molecule has 0 atom stereocenters. The Labute approximate surface area is 70.0 Å². The highest BCUT2D eigenvalue weighted by Crippen LogP contribution is 2.14. The molecule has 60 valence electrons. The number of hydrogen-bond acceptors (Lipinski definition) is 3. The fourth-order valence-electron chi connectivity index (χ4n) is 0.961. The van der Waals surface area contributed by atoms with E-state index < -0.39 is 0 Å². The standard InChI is InChI=1S/C9H8N2O/c1-7-2-3-8(10-6-7)9-4-5-11-12-9/h2-6H,1H3. The van der Waals surface area contributed by atoms with Crippen LogP contribution in [-0.4, -0.2) is 10.1 Å². The third kappa shape index (κ3) is 1.21. The summed E-state index contributed by atoms with van der Waals surface area (Å²) in [7, 11) is 0. The van der Waals surface area contributed by atoms with Gasteiger partial charge in [0.1, 0.15) is 5.69 Å². The minimum Gasteiger partial charge on any atom is -0.355 e. The van der Waals surface area contributed by atoms with Crippen LogP contribution < -0.4 is 0 Å². The Kier molecular flexibility index (Phi) is 1.63. The van der Waals surface area contributed by atoms with Crippen molar-refractivity contribution < 1.29 is 4.52 Å². The van der Waals surface area contributed by atoms with Crippen molar-refractivity contribution in [2.45, 2.75) is 6.92 Å². The van der Waals surface area contributed by atoms with Gasteiger partial charge in [-0.2, -0.15) is 0 Å². The second-order valence-electron chi connectivity index (χ2n) is 2.60. The van der Waals surface area contributed by atoms with Crippen LogP contribution in [0, 0.1) is 6.92 Å². The van der Waals surface area contributed by atoms with E-state index in [9.17, 15) is 0 Å². The van der Waals surface area contributed by atoms with E-state index in [0.717, 1.165) is 11.3 Å². The smallest absolute Gasteiger partial charge is 0.185 e. The molecule has 12 heavy (non-hydrogen) atoms. The largest absolute Gasteiger partial charge is 0.355 e. The molecule has 2 rings (SSSR count). The van der Waals surface area contributed by atoms with Gasteiger partial charge in [0, 0.05) is 12.3 Å². The summed E-state index contributed by atoms with van der Waals surface area (Å²) in [5, 5.41) is 3.61. The Morgan fingerprint density at radius 1 is 1.25 bits per heavy atom. The van der Waals surface area contributed by atoms with Gasteiger partial charge in [-0.15, -0.1) is 0 Å². The van der Waals surface area contributed by atoms with Gasteiger partial charge in [0.2, 0.25) is 0 Å². The highest BCUT2D eigenvalue weighted by atomic mass is 16.5. The first-order chi connectivity index (χ1) is 5.86. The summed E-state index contributed by atoms with van der Waals surface area (Å²) in [5.41, 5.74) is 1.95. The predicted octanol–water partition coefficient (Wildman–Crippen LogP) is 2.05. The van der Waals surface area contributed by atoms with Crippen LogP contribution in [0.4, 0.5) is 0 Å². The summed E-state index contributed by atoms with van der Waals surface area (Å²) in [4.78, 5) is 4.19. The lowest BCUT2D eigenvalue weighted by Gasteiger charge is -1.93. The summed E-state index contributed by atoms with van der Waals surface area (Å²) >= 11 is 0. The van der Waals surface area contributed by atoms with Gasteiger partial charge in [-0.3, -0.25) is 4.98 Å². The Morgan fingerprint density at radius 3 is 2.75 bits per heavy atom. The van der Waals surface area contributed by atoms with E-state index in [2.05, 4.69) is 10.1 Å². The maximum absolute atomic E-state index is 4.95. The van der Waals surface area contributed by atoms with Crippen LogP contribution in [0.25, 0.3) is 11.5 Å². The van der Waals surface area contributed by atoms with Crippen LogP contribution in [0.15, 0.2) is 35.1 Å². The average molecular weight is 160 g/mol. The number of hydrogen-bond donors (Lipinski definition) is 0. The van der Waals surface area contributed by atoms with Gasteiger partial charge < -0.3 is 4.52 Å². The van der Waals surface area contributed by atoms with Gasteiger partial charge in [-0.25, -0.2) is 0 Å². The minimum atomic E-state index is 0.704. The van der Waals surface area contributed by atoms with Crippen molar-refractivity contribution in [3.05, 3.63) is 36.2 Å². The van der Waals surface area contributed by atoms with Gasteiger partial charge in [-0.05, 0) is 18.6 Å². The van der Waals surface area contributed by atoms with E-state index in [1.165, 1.54) is 0 Å². The van der Waals surface area contributed by atoms with Crippen LogP contribution in [0.5, 0.6) is 0 Å². The molecule has 0 saturated heterocycles. The van der Waals surface area contributed by atoms with Crippen molar-refractivity contribution in [3.8, 4) is 11.5 Å². The molecular formula is C9H8N2O. The van der Waals surface area contributed by atoms with Crippen LogP contribution in [0.2, 0.25) is 0 Å². The minimum absolute atomic E-state index is 0.704. The maximum atomic E-state index is 4.95. The van der Waals surface area contributed by atoms with E-state index in [-0.39, 0.29) is 0 Å². The van der Waals surface area contributed by atoms with Gasteiger partial charge in [0.05, 0.1) is 6.20 Å². The van der Waals surface area contributed by atoms with E-state index in [4.69, 9.17) is 4.52 Å². The second-order valence-corrected chi connectivity index (χ2v) is 2.60. The third-order valence-corrected chi connectivity index (χ3v) is 1.60. The normalized spacial score (nSPS) is 10.1. The van der Waals surface area contributed by atoms with Crippen molar-refractivity contribution in [1.29, 1.82) is 0 Å². The monoisotopic (exact) mass is 160 g/mol. The molecule has 0 unspecified atom stereocenters. The number of pyridine rings is 1. The molecule has 2 aromatic heterocycles. The fraction of sp³-hybridized carbons (Fsp3) is 0.111. The first kappa shape index (κ1) is 7.03. The van der Waals surface area contributed by atoms with Gasteiger partial charge >= 0.3 is 0 Å². The third-order valence-electron chi connectivity index (χ3n) is 1.60. The predicted molar refractivity (Wildman–Crippen MR) is 44.5 cm³/mol. The molecule has 3 heteroatoms. The summed E-state index contributed by atoms with van der Waals surface area (Å²) in [5.74, 6) is 0.704. The number of nitrogens with zero attached hydrogens (tertiary/aromatic N) is 2. The molecule has 2 aromatic rings. The Hall–Kier alpha value is -1.64. The molecule has 0 amide bonds. The molecule has 2 heterocycles. The molecule has 0 fully saturated rings. The van der Waals surface area contributed by atoms with Crippen molar-refractivity contribution in [2.24, 2.45) is 0 Å². The highest BCUT2D eigenvalue weighted by molar-refractivity contribution is 5.50. The first-order valence-electron chi connectivity index (χ1n) is 3.70.